The fraction of sp³-hybridized carbons (Fsp3) is 0.214. The zero-order chi connectivity index (χ0) is 27.1. The molecule has 0 fully saturated rings. The fourth-order valence-corrected chi connectivity index (χ4v) is 4.36. The molecular formula is C28H27N7O3. The van der Waals surface area contributed by atoms with Gasteiger partial charge in [0.2, 0.25) is 0 Å². The first-order valence-electron chi connectivity index (χ1n) is 12.0. The Morgan fingerprint density at radius 1 is 1.16 bits per heavy atom. The summed E-state index contributed by atoms with van der Waals surface area (Å²) < 4.78 is 9.22. The average molecular weight is 510 g/mol. The first-order chi connectivity index (χ1) is 18.2. The second kappa shape index (κ2) is 9.55. The second-order valence-corrected chi connectivity index (χ2v) is 9.21. The number of aromatic nitrogens is 5. The van der Waals surface area contributed by atoms with Gasteiger partial charge in [0, 0.05) is 36.1 Å². The summed E-state index contributed by atoms with van der Waals surface area (Å²) in [7, 11) is 1.74. The van der Waals surface area contributed by atoms with Crippen LogP contribution >= 0.6 is 0 Å². The third-order valence-corrected chi connectivity index (χ3v) is 6.49. The molecule has 0 atom stereocenters. The van der Waals surface area contributed by atoms with Gasteiger partial charge in [0.25, 0.3) is 5.91 Å². The molecule has 4 aromatic rings. The molecule has 1 amide bonds. The molecule has 0 N–H and O–H groups in total. The quantitative estimate of drug-likeness (QED) is 0.156. The maximum atomic E-state index is 12.5. The summed E-state index contributed by atoms with van der Waals surface area (Å²) >= 11 is 0. The van der Waals surface area contributed by atoms with Gasteiger partial charge >= 0.3 is 0 Å². The molecule has 5 rings (SSSR count). The van der Waals surface area contributed by atoms with Gasteiger partial charge in [-0.3, -0.25) is 14.6 Å². The van der Waals surface area contributed by atoms with Crippen molar-refractivity contribution in [3.63, 3.8) is 0 Å². The Hall–Kier alpha value is -4.86. The van der Waals surface area contributed by atoms with E-state index in [9.17, 15) is 9.59 Å². The topological polar surface area (TPSA) is 107 Å². The highest BCUT2D eigenvalue weighted by atomic mass is 16.5. The number of ketones is 1. The van der Waals surface area contributed by atoms with Crippen molar-refractivity contribution in [2.75, 3.05) is 7.05 Å². The first kappa shape index (κ1) is 24.8. The van der Waals surface area contributed by atoms with E-state index in [1.807, 2.05) is 45.1 Å². The van der Waals surface area contributed by atoms with Gasteiger partial charge in [-0.1, -0.05) is 0 Å². The van der Waals surface area contributed by atoms with Gasteiger partial charge in [0.05, 0.1) is 29.2 Å². The summed E-state index contributed by atoms with van der Waals surface area (Å²) in [5.41, 5.74) is 5.45. The van der Waals surface area contributed by atoms with E-state index in [0.29, 0.717) is 40.8 Å². The summed E-state index contributed by atoms with van der Waals surface area (Å²) in [4.78, 5) is 35.3. The van der Waals surface area contributed by atoms with Crippen molar-refractivity contribution in [1.29, 1.82) is 0 Å². The van der Waals surface area contributed by atoms with E-state index in [1.54, 1.807) is 45.7 Å². The normalized spacial score (nSPS) is 13.8. The lowest BCUT2D eigenvalue weighted by atomic mass is 10.1. The number of carbonyl (C=O) groups is 2. The number of amides is 1. The van der Waals surface area contributed by atoms with Gasteiger partial charge in [-0.2, -0.15) is 10.2 Å². The van der Waals surface area contributed by atoms with Crippen molar-refractivity contribution in [1.82, 2.24) is 29.3 Å². The van der Waals surface area contributed by atoms with Crippen LogP contribution in [0.4, 0.5) is 0 Å². The molecule has 0 unspecified atom stereocenters. The summed E-state index contributed by atoms with van der Waals surface area (Å²) in [5, 5.41) is 9.03. The van der Waals surface area contributed by atoms with Gasteiger partial charge < -0.3 is 9.64 Å². The molecule has 5 heterocycles. The van der Waals surface area contributed by atoms with Crippen LogP contribution in [0.2, 0.25) is 0 Å². The van der Waals surface area contributed by atoms with Gasteiger partial charge in [-0.05, 0) is 70.8 Å². The molecule has 192 valence electrons. The molecule has 10 heteroatoms. The van der Waals surface area contributed by atoms with Crippen molar-refractivity contribution < 1.29 is 14.3 Å². The number of Topliss-reactive ketones (excluding diaryl/α,β-unsaturated/α-hetero) is 1. The van der Waals surface area contributed by atoms with E-state index in [0.717, 1.165) is 28.0 Å². The first-order valence-corrected chi connectivity index (χ1v) is 12.0. The number of aliphatic imine (C=N–C) groups is 1. The molecule has 10 nitrogen and oxygen atoms in total. The highest BCUT2D eigenvalue weighted by Gasteiger charge is 2.32. The Morgan fingerprint density at radius 2 is 1.95 bits per heavy atom. The lowest BCUT2D eigenvalue weighted by Crippen LogP contribution is -2.20. The average Bonchev–Trinajstić information content (AvgIpc) is 3.55. The fourth-order valence-electron chi connectivity index (χ4n) is 4.36. The SMILES string of the molecule is C=N/C(C)=C\C=C(/C)Oc1ccc2c(-c3ccc(C(C)=O)c(-n4nc5c(c4C)CN(C)C5=O)n3)cnn2c1. The van der Waals surface area contributed by atoms with E-state index in [2.05, 4.69) is 21.9 Å². The lowest BCUT2D eigenvalue weighted by molar-refractivity contribution is 0.0809. The molecule has 0 saturated heterocycles. The van der Waals surface area contributed by atoms with Gasteiger partial charge in [-0.25, -0.2) is 14.2 Å². The molecule has 4 aromatic heterocycles. The minimum Gasteiger partial charge on any atom is -0.460 e. The van der Waals surface area contributed by atoms with E-state index >= 15 is 0 Å². The van der Waals surface area contributed by atoms with Crippen LogP contribution in [0.25, 0.3) is 22.6 Å². The molecule has 0 bridgehead atoms. The maximum Gasteiger partial charge on any atom is 0.274 e. The predicted molar refractivity (Wildman–Crippen MR) is 144 cm³/mol. The highest BCUT2D eigenvalue weighted by Crippen LogP contribution is 2.30. The lowest BCUT2D eigenvalue weighted by Gasteiger charge is -2.13. The molecule has 0 aliphatic carbocycles. The Balaban J connectivity index is 1.53. The molecule has 1 aliphatic heterocycles. The third-order valence-electron chi connectivity index (χ3n) is 6.49. The minimum atomic E-state index is -0.142. The number of nitrogens with zero attached hydrogens (tertiary/aromatic N) is 7. The van der Waals surface area contributed by atoms with Crippen molar-refractivity contribution >= 4 is 23.9 Å². The third kappa shape index (κ3) is 4.30. The van der Waals surface area contributed by atoms with E-state index in [4.69, 9.17) is 9.72 Å². The summed E-state index contributed by atoms with van der Waals surface area (Å²) in [5.74, 6) is 1.41. The predicted octanol–water partition coefficient (Wildman–Crippen LogP) is 4.57. The van der Waals surface area contributed by atoms with Crippen LogP contribution < -0.4 is 4.74 Å². The molecule has 38 heavy (non-hydrogen) atoms. The molecule has 1 aliphatic rings. The van der Waals surface area contributed by atoms with Crippen LogP contribution in [-0.2, 0) is 6.54 Å². The maximum absolute atomic E-state index is 12.5. The zero-order valence-electron chi connectivity index (χ0n) is 21.9. The summed E-state index contributed by atoms with van der Waals surface area (Å²) in [6, 6.07) is 7.29. The standard InChI is InChI=1S/C28H27N7O3/c1-16(29-5)7-8-17(2)38-20-9-12-25-22(13-30-34(25)14-20)24-11-10-21(19(4)36)27(31-24)35-18(3)23-15-33(6)28(37)26(23)32-35/h7-14H,5,15H2,1-4,6H3/b16-7-,17-8+. The van der Waals surface area contributed by atoms with E-state index < -0.39 is 0 Å². The number of allylic oxidation sites excluding steroid dienone is 4. The Bertz CT molecular complexity index is 1690. The second-order valence-electron chi connectivity index (χ2n) is 9.21. The number of hydrogen-bond donors (Lipinski definition) is 0. The number of pyridine rings is 2. The smallest absolute Gasteiger partial charge is 0.274 e. The van der Waals surface area contributed by atoms with Crippen LogP contribution in [-0.4, -0.2) is 54.7 Å². The van der Waals surface area contributed by atoms with Crippen LogP contribution in [0.15, 0.2) is 65.3 Å². The van der Waals surface area contributed by atoms with Gasteiger partial charge in [-0.15, -0.1) is 0 Å². The van der Waals surface area contributed by atoms with Crippen LogP contribution in [0, 0.1) is 6.92 Å². The van der Waals surface area contributed by atoms with Gasteiger partial charge in [0.1, 0.15) is 11.5 Å². The number of rotatable bonds is 7. The Morgan fingerprint density at radius 3 is 2.66 bits per heavy atom. The van der Waals surface area contributed by atoms with Gasteiger partial charge in [0.15, 0.2) is 17.3 Å². The largest absolute Gasteiger partial charge is 0.460 e. The number of carbonyl (C=O) groups excluding carboxylic acids is 2. The molecular weight excluding hydrogens is 482 g/mol. The molecule has 0 aromatic carbocycles. The number of ether oxygens (including phenoxy) is 1. The van der Waals surface area contributed by atoms with E-state index in [1.165, 1.54) is 6.92 Å². The zero-order valence-corrected chi connectivity index (χ0v) is 21.9. The molecule has 0 saturated carbocycles. The van der Waals surface area contributed by atoms with Crippen LogP contribution in [0.3, 0.4) is 0 Å². The molecule has 0 spiro atoms. The molecule has 0 radical (unpaired) electrons. The Labute approximate surface area is 219 Å². The Kier molecular flexibility index (Phi) is 6.23. The van der Waals surface area contributed by atoms with Crippen molar-refractivity contribution in [3.05, 3.63) is 82.8 Å². The van der Waals surface area contributed by atoms with Crippen molar-refractivity contribution in [3.8, 4) is 22.8 Å². The van der Waals surface area contributed by atoms with E-state index in [-0.39, 0.29) is 11.7 Å². The monoisotopic (exact) mass is 509 g/mol. The summed E-state index contributed by atoms with van der Waals surface area (Å²) in [6.07, 6.45) is 7.15. The van der Waals surface area contributed by atoms with Crippen molar-refractivity contribution in [2.45, 2.75) is 34.2 Å². The van der Waals surface area contributed by atoms with Crippen LogP contribution in [0.1, 0.15) is 52.9 Å². The van der Waals surface area contributed by atoms with Crippen molar-refractivity contribution in [2.24, 2.45) is 4.99 Å². The number of fused-ring (bicyclic) bond motifs is 2. The summed E-state index contributed by atoms with van der Waals surface area (Å²) in [6.45, 7) is 11.1. The van der Waals surface area contributed by atoms with Crippen LogP contribution in [0.5, 0.6) is 5.75 Å². The number of hydrogen-bond acceptors (Lipinski definition) is 7. The highest BCUT2D eigenvalue weighted by molar-refractivity contribution is 5.99. The minimum absolute atomic E-state index is 0.142.